The zero-order valence-corrected chi connectivity index (χ0v) is 45.2. The van der Waals surface area contributed by atoms with E-state index in [1.165, 1.54) is 33.4 Å². The monoisotopic (exact) mass is 923 g/mol. The van der Waals surface area contributed by atoms with Crippen molar-refractivity contribution in [2.75, 3.05) is 0 Å². The third-order valence-corrected chi connectivity index (χ3v) is 13.8. The van der Waals surface area contributed by atoms with Gasteiger partial charge in [-0.05, 0) is 102 Å². The molecule has 0 bridgehead atoms. The zero-order chi connectivity index (χ0) is 48.6. The fraction of sp³-hybridized carbons (Fsp3) is 0.400. The second kappa shape index (κ2) is 19.2. The molecule has 0 saturated heterocycles. The van der Waals surface area contributed by atoms with Crippen LogP contribution in [-0.4, -0.2) is 0 Å². The molecular formula is C60H76O4P2. The minimum absolute atomic E-state index is 0.0350. The molecule has 0 N–H and O–H groups in total. The Morgan fingerprint density at radius 2 is 0.545 bits per heavy atom. The quantitative estimate of drug-likeness (QED) is 0.121. The number of hydrogen-bond acceptors (Lipinski definition) is 4. The number of benzene rings is 6. The van der Waals surface area contributed by atoms with Crippen molar-refractivity contribution in [2.24, 2.45) is 0 Å². The van der Waals surface area contributed by atoms with E-state index in [0.29, 0.717) is 0 Å². The lowest BCUT2D eigenvalue weighted by molar-refractivity contribution is 0.433. The van der Waals surface area contributed by atoms with Gasteiger partial charge in [0, 0.05) is 21.7 Å². The Balaban J connectivity index is 1.16. The van der Waals surface area contributed by atoms with Crippen LogP contribution in [0.4, 0.5) is 0 Å². The molecule has 0 saturated carbocycles. The zero-order valence-electron chi connectivity index (χ0n) is 43.2. The minimum Gasteiger partial charge on any atom is -0.469 e. The molecule has 0 fully saturated rings. The molecule has 0 aliphatic rings. The van der Waals surface area contributed by atoms with E-state index < -0.39 is 0 Å². The van der Waals surface area contributed by atoms with E-state index in [2.05, 4.69) is 246 Å². The first-order chi connectivity index (χ1) is 30.5. The first-order valence-electron chi connectivity index (χ1n) is 23.5. The van der Waals surface area contributed by atoms with Gasteiger partial charge >= 0.3 is 0 Å². The molecule has 2 unspecified atom stereocenters. The summed E-state index contributed by atoms with van der Waals surface area (Å²) in [6, 6.07) is 43.3. The van der Waals surface area contributed by atoms with Gasteiger partial charge in [0.25, 0.3) is 0 Å². The van der Waals surface area contributed by atoms with E-state index in [9.17, 15) is 0 Å². The maximum absolute atomic E-state index is 6.83. The summed E-state index contributed by atoms with van der Waals surface area (Å²) in [5.41, 5.74) is 9.40. The molecule has 6 heteroatoms. The van der Waals surface area contributed by atoms with Gasteiger partial charge < -0.3 is 18.5 Å². The van der Waals surface area contributed by atoms with Gasteiger partial charge in [0.2, 0.25) is 0 Å². The highest BCUT2D eigenvalue weighted by Gasteiger charge is 2.27. The third kappa shape index (κ3) is 12.9. The normalized spacial score (nSPS) is 13.2. The molecule has 0 heterocycles. The lowest BCUT2D eigenvalue weighted by Gasteiger charge is -2.28. The predicted molar refractivity (Wildman–Crippen MR) is 287 cm³/mol. The van der Waals surface area contributed by atoms with Crippen LogP contribution in [-0.2, 0) is 32.5 Å². The van der Waals surface area contributed by atoms with Gasteiger partial charge in [-0.3, -0.25) is 0 Å². The van der Waals surface area contributed by atoms with E-state index in [4.69, 9.17) is 18.5 Å². The lowest BCUT2D eigenvalue weighted by Crippen LogP contribution is -2.17. The maximum atomic E-state index is 6.83. The Hall–Kier alpha value is -4.62. The molecule has 0 aliphatic carbocycles. The van der Waals surface area contributed by atoms with Gasteiger partial charge in [-0.1, -0.05) is 210 Å². The van der Waals surface area contributed by atoms with Crippen LogP contribution in [0.1, 0.15) is 158 Å². The van der Waals surface area contributed by atoms with Gasteiger partial charge in [-0.15, -0.1) is 0 Å². The standard InChI is InChI=1S/C60H76O4P2/c1-55(2,3)41-23-31-49(47(35-41)59(13,14)15)61-53-37-43(57(7,8)9)25-33-51(53)63-65-45-27-19-39(20-28-45)40-21-29-46(30-22-40)66-64-52-34-26-44(58(10,11)12)38-54(52)62-50-32-24-42(56(4,5)6)36-48(50)60(16,17)18/h19-38,65-66H,1-18H3. The van der Waals surface area contributed by atoms with Gasteiger partial charge in [-0.25, -0.2) is 0 Å². The Morgan fingerprint density at radius 3 is 0.818 bits per heavy atom. The average Bonchev–Trinajstić information content (AvgIpc) is 3.21. The summed E-state index contributed by atoms with van der Waals surface area (Å²) in [4.78, 5) is 0. The van der Waals surface area contributed by atoms with E-state index in [1.807, 2.05) is 0 Å². The van der Waals surface area contributed by atoms with Crippen LogP contribution < -0.4 is 29.1 Å². The van der Waals surface area contributed by atoms with Crippen LogP contribution in [0.2, 0.25) is 0 Å². The van der Waals surface area contributed by atoms with Gasteiger partial charge in [0.05, 0.1) is 0 Å². The highest BCUT2D eigenvalue weighted by molar-refractivity contribution is 7.42. The van der Waals surface area contributed by atoms with Crippen LogP contribution >= 0.6 is 17.6 Å². The first-order valence-corrected chi connectivity index (χ1v) is 25.3. The second-order valence-corrected chi connectivity index (χ2v) is 26.0. The summed E-state index contributed by atoms with van der Waals surface area (Å²) < 4.78 is 26.8. The number of hydrogen-bond donors (Lipinski definition) is 0. The molecule has 0 aliphatic heterocycles. The van der Waals surface area contributed by atoms with Crippen molar-refractivity contribution in [3.63, 3.8) is 0 Å². The predicted octanol–water partition coefficient (Wildman–Crippen LogP) is 17.3. The summed E-state index contributed by atoms with van der Waals surface area (Å²) >= 11 is 0. The summed E-state index contributed by atoms with van der Waals surface area (Å²) in [5.74, 6) is 4.65. The Labute approximate surface area is 402 Å². The van der Waals surface area contributed by atoms with Crippen molar-refractivity contribution in [1.82, 2.24) is 0 Å². The molecule has 4 nitrogen and oxygen atoms in total. The van der Waals surface area contributed by atoms with Crippen LogP contribution in [0.5, 0.6) is 34.5 Å². The highest BCUT2D eigenvalue weighted by atomic mass is 31.1. The van der Waals surface area contributed by atoms with Crippen LogP contribution in [0, 0.1) is 0 Å². The Bertz CT molecular complexity index is 2430. The summed E-state index contributed by atoms with van der Waals surface area (Å²) in [6.45, 7) is 40.4. The van der Waals surface area contributed by atoms with Gasteiger partial charge in [-0.2, -0.15) is 0 Å². The van der Waals surface area contributed by atoms with E-state index in [-0.39, 0.29) is 50.1 Å². The first kappa shape index (κ1) is 50.8. The van der Waals surface area contributed by atoms with Crippen LogP contribution in [0.15, 0.2) is 121 Å². The fourth-order valence-corrected chi connectivity index (χ4v) is 8.95. The van der Waals surface area contributed by atoms with E-state index in [1.54, 1.807) is 0 Å². The van der Waals surface area contributed by atoms with Crippen molar-refractivity contribution < 1.29 is 18.5 Å². The fourth-order valence-electron chi connectivity index (χ4n) is 7.55. The van der Waals surface area contributed by atoms with E-state index in [0.717, 1.165) is 56.2 Å². The van der Waals surface area contributed by atoms with Crippen molar-refractivity contribution in [1.29, 1.82) is 0 Å². The van der Waals surface area contributed by atoms with Crippen LogP contribution in [0.25, 0.3) is 11.1 Å². The maximum Gasteiger partial charge on any atom is 0.169 e. The number of rotatable bonds is 11. The van der Waals surface area contributed by atoms with Gasteiger partial charge in [0.15, 0.2) is 23.0 Å². The van der Waals surface area contributed by atoms with Gasteiger partial charge in [0.1, 0.15) is 29.1 Å². The van der Waals surface area contributed by atoms with Crippen molar-refractivity contribution in [2.45, 2.75) is 157 Å². The molecular weight excluding hydrogens is 847 g/mol. The molecule has 6 aromatic rings. The average molecular weight is 923 g/mol. The molecule has 6 aromatic carbocycles. The van der Waals surface area contributed by atoms with Crippen LogP contribution in [0.3, 0.4) is 0 Å². The minimum atomic E-state index is -0.104. The third-order valence-electron chi connectivity index (χ3n) is 12.0. The molecule has 6 rings (SSSR count). The summed E-state index contributed by atoms with van der Waals surface area (Å²) in [5, 5.41) is 2.22. The molecule has 0 spiro atoms. The lowest BCUT2D eigenvalue weighted by atomic mass is 9.80. The Kier molecular flexibility index (Phi) is 14.8. The molecule has 0 radical (unpaired) electrons. The largest absolute Gasteiger partial charge is 0.469 e. The smallest absolute Gasteiger partial charge is 0.169 e. The molecule has 0 aromatic heterocycles. The van der Waals surface area contributed by atoms with Crippen molar-refractivity contribution in [3.8, 4) is 45.6 Å². The second-order valence-electron chi connectivity index (χ2n) is 24.0. The molecule has 0 amide bonds. The highest BCUT2D eigenvalue weighted by Crippen LogP contribution is 2.45. The topological polar surface area (TPSA) is 36.9 Å². The summed E-state index contributed by atoms with van der Waals surface area (Å²) in [7, 11) is 0.219. The summed E-state index contributed by atoms with van der Waals surface area (Å²) in [6.07, 6.45) is 0. The van der Waals surface area contributed by atoms with Crippen molar-refractivity contribution in [3.05, 3.63) is 155 Å². The van der Waals surface area contributed by atoms with Crippen molar-refractivity contribution >= 4 is 28.2 Å². The molecule has 66 heavy (non-hydrogen) atoms. The number of ether oxygens (including phenoxy) is 2. The van der Waals surface area contributed by atoms with E-state index >= 15 is 0 Å². The SMILES string of the molecule is CC(C)(C)c1ccc(OPc2ccc(-c3ccc(POc4ccc(C(C)(C)C)cc4Oc4ccc(C(C)(C)C)cc4C(C)(C)C)cc3)cc2)c(Oc2ccc(C(C)(C)C)cc2C(C)(C)C)c1. The molecule has 2 atom stereocenters. The Morgan fingerprint density at radius 1 is 0.273 bits per heavy atom. The molecule has 350 valence electrons.